The Morgan fingerprint density at radius 3 is 0.861 bits per heavy atom. The predicted octanol–water partition coefficient (Wildman–Crippen LogP) is 18.7. The highest BCUT2D eigenvalue weighted by Gasteiger charge is 2.39. The molecule has 0 spiro atoms. The topological polar surface area (TPSA) is 58.0 Å². The minimum atomic E-state index is -0.209. The Labute approximate surface area is 465 Å². The summed E-state index contributed by atoms with van der Waals surface area (Å²) in [4.78, 5) is 22.9. The molecule has 386 valence electrons. The number of rotatable bonds is 10. The molecule has 3 aliphatic rings. The van der Waals surface area contributed by atoms with Gasteiger partial charge in [0.1, 0.15) is 0 Å². The number of nitrogens with zero attached hydrogens (tertiary/aromatic N) is 6. The minimum absolute atomic E-state index is 0.162. The minimum Gasteiger partial charge on any atom is -0.294 e. The van der Waals surface area contributed by atoms with Gasteiger partial charge in [-0.2, -0.15) is 0 Å². The maximum atomic E-state index is 4.76. The van der Waals surface area contributed by atoms with E-state index in [1.165, 1.54) is 111 Å². The van der Waals surface area contributed by atoms with E-state index in [-0.39, 0.29) is 16.2 Å². The molecule has 13 rings (SSSR count). The van der Waals surface area contributed by atoms with Gasteiger partial charge in [0.15, 0.2) is 11.6 Å². The molecule has 2 heterocycles. The van der Waals surface area contributed by atoms with Crippen molar-refractivity contribution in [2.75, 3.05) is 9.80 Å². The van der Waals surface area contributed by atoms with Crippen LogP contribution in [0, 0.1) is 27.7 Å². The zero-order valence-electron chi connectivity index (χ0n) is 46.8. The third-order valence-corrected chi connectivity index (χ3v) is 17.0. The van der Waals surface area contributed by atoms with Crippen molar-refractivity contribution >= 4 is 58.7 Å². The summed E-state index contributed by atoms with van der Waals surface area (Å²) in [6.45, 7) is 22.7. The van der Waals surface area contributed by atoms with Crippen LogP contribution in [0.4, 0.5) is 34.4 Å². The van der Waals surface area contributed by atoms with Crippen molar-refractivity contribution in [1.29, 1.82) is 0 Å². The van der Waals surface area contributed by atoms with E-state index in [9.17, 15) is 0 Å². The lowest BCUT2D eigenvalue weighted by atomic mass is 9.81. The van der Waals surface area contributed by atoms with Crippen LogP contribution in [0.5, 0.6) is 0 Å². The van der Waals surface area contributed by atoms with Gasteiger partial charge in [0, 0.05) is 63.8 Å². The average Bonchev–Trinajstić information content (AvgIpc) is 3.79. The Hall–Kier alpha value is -9.00. The van der Waals surface area contributed by atoms with E-state index in [1.807, 2.05) is 12.4 Å². The Balaban J connectivity index is 0.733. The van der Waals surface area contributed by atoms with Crippen molar-refractivity contribution in [3.05, 3.63) is 261 Å². The number of hydrogen-bond donors (Lipinski definition) is 0. The first-order chi connectivity index (χ1) is 38.0. The van der Waals surface area contributed by atoms with E-state index in [2.05, 4.69) is 259 Å². The monoisotopic (exact) mass is 1020 g/mol. The highest BCUT2D eigenvalue weighted by molar-refractivity contribution is 5.90. The molecule has 0 bridgehead atoms. The summed E-state index contributed by atoms with van der Waals surface area (Å²) in [7, 11) is 0. The largest absolute Gasteiger partial charge is 0.294 e. The fourth-order valence-electron chi connectivity index (χ4n) is 13.1. The summed E-state index contributed by atoms with van der Waals surface area (Å²) in [6.07, 6.45) is 19.8. The molecular weight excluding hydrogens is 961 g/mol. The van der Waals surface area contributed by atoms with Crippen LogP contribution in [0.25, 0.3) is 57.7 Å². The molecule has 0 amide bonds. The molecular formula is C73H64N6. The number of aryl methyl sites for hydroxylation is 4. The summed E-state index contributed by atoms with van der Waals surface area (Å²) in [5.41, 5.74) is 29.1. The number of anilines is 6. The van der Waals surface area contributed by atoms with Crippen molar-refractivity contribution < 1.29 is 0 Å². The van der Waals surface area contributed by atoms with Gasteiger partial charge in [-0.25, -0.2) is 9.97 Å². The molecule has 0 saturated carbocycles. The molecule has 3 aliphatic carbocycles. The normalized spacial score (nSPS) is 14.7. The summed E-state index contributed by atoms with van der Waals surface area (Å²) in [5, 5.41) is 0. The third kappa shape index (κ3) is 8.49. The number of benzene rings is 8. The first-order valence-electron chi connectivity index (χ1n) is 27.5. The predicted molar refractivity (Wildman–Crippen MR) is 329 cm³/mol. The van der Waals surface area contributed by atoms with Crippen LogP contribution < -0.4 is 9.80 Å². The Bertz CT molecular complexity index is 3850. The van der Waals surface area contributed by atoms with Crippen molar-refractivity contribution in [2.45, 2.75) is 85.5 Å². The van der Waals surface area contributed by atoms with Gasteiger partial charge in [0.2, 0.25) is 0 Å². The highest BCUT2D eigenvalue weighted by atomic mass is 15.2. The smallest absolute Gasteiger partial charge is 0.156 e. The maximum Gasteiger partial charge on any atom is 0.156 e. The average molecular weight is 1030 g/mol. The number of aromatic nitrogens is 4. The molecule has 6 nitrogen and oxygen atoms in total. The summed E-state index contributed by atoms with van der Waals surface area (Å²) >= 11 is 0. The maximum absolute atomic E-state index is 4.76. The van der Waals surface area contributed by atoms with Crippen LogP contribution in [0.15, 0.2) is 183 Å². The highest BCUT2D eigenvalue weighted by Crippen LogP contribution is 2.54. The van der Waals surface area contributed by atoms with E-state index >= 15 is 0 Å². The lowest BCUT2D eigenvalue weighted by Gasteiger charge is -2.27. The molecule has 6 heteroatoms. The summed E-state index contributed by atoms with van der Waals surface area (Å²) < 4.78 is 0. The van der Waals surface area contributed by atoms with E-state index < -0.39 is 0 Å². The molecule has 0 N–H and O–H groups in total. The van der Waals surface area contributed by atoms with Crippen molar-refractivity contribution in [3.63, 3.8) is 0 Å². The van der Waals surface area contributed by atoms with Crippen LogP contribution in [0.2, 0.25) is 0 Å². The van der Waals surface area contributed by atoms with E-state index in [0.717, 1.165) is 34.4 Å². The van der Waals surface area contributed by atoms with Crippen LogP contribution in [0.1, 0.15) is 119 Å². The second-order valence-corrected chi connectivity index (χ2v) is 23.7. The fraction of sp³-hybridized carbons (Fsp3) is 0.178. The van der Waals surface area contributed by atoms with Gasteiger partial charge in [-0.15, -0.1) is 0 Å². The lowest BCUT2D eigenvalue weighted by Crippen LogP contribution is -2.17. The van der Waals surface area contributed by atoms with Crippen LogP contribution >= 0.6 is 0 Å². The molecule has 0 fully saturated rings. The molecule has 0 aliphatic heterocycles. The number of hydrogen-bond acceptors (Lipinski definition) is 6. The Morgan fingerprint density at radius 2 is 0.582 bits per heavy atom. The number of fused-ring (bicyclic) bond motifs is 9. The van der Waals surface area contributed by atoms with Gasteiger partial charge in [0.25, 0.3) is 0 Å². The SMILES string of the molecule is Cc1cc(C)cc(N(c2ccc3c(c2)C(C)(C)c2cc(C=Cc4ccc5c(c4)C(C)(C)c4cc(C=Cc6ccc7c(c6)C(C)(C)c6cc(N(c8cc(C)cc(C)c8)c8cnccn8)ccc6-7)ccc4-5)ccc2-3)c2cnccn2)c1. The van der Waals surface area contributed by atoms with Gasteiger partial charge >= 0.3 is 0 Å². The van der Waals surface area contributed by atoms with Gasteiger partial charge in [-0.05, 0) is 187 Å². The zero-order valence-corrected chi connectivity index (χ0v) is 46.8. The quantitative estimate of drug-likeness (QED) is 0.127. The summed E-state index contributed by atoms with van der Waals surface area (Å²) in [6, 6.07) is 55.0. The second kappa shape index (κ2) is 18.6. The third-order valence-electron chi connectivity index (χ3n) is 17.0. The van der Waals surface area contributed by atoms with E-state index in [0.29, 0.717) is 0 Å². The zero-order chi connectivity index (χ0) is 54.5. The van der Waals surface area contributed by atoms with Crippen LogP contribution in [-0.4, -0.2) is 19.9 Å². The van der Waals surface area contributed by atoms with Crippen molar-refractivity contribution in [2.24, 2.45) is 0 Å². The first-order valence-corrected chi connectivity index (χ1v) is 27.5. The summed E-state index contributed by atoms with van der Waals surface area (Å²) in [5.74, 6) is 1.58. The molecule has 8 aromatic carbocycles. The van der Waals surface area contributed by atoms with Crippen molar-refractivity contribution in [3.8, 4) is 33.4 Å². The van der Waals surface area contributed by atoms with Gasteiger partial charge < -0.3 is 0 Å². The molecule has 10 aromatic rings. The lowest BCUT2D eigenvalue weighted by molar-refractivity contribution is 0.660. The van der Waals surface area contributed by atoms with Crippen LogP contribution in [0.3, 0.4) is 0 Å². The molecule has 2 aromatic heterocycles. The molecule has 0 atom stereocenters. The van der Waals surface area contributed by atoms with Crippen molar-refractivity contribution in [1.82, 2.24) is 19.9 Å². The van der Waals surface area contributed by atoms with Gasteiger partial charge in [0.05, 0.1) is 12.4 Å². The fourth-order valence-corrected chi connectivity index (χ4v) is 13.1. The molecule has 79 heavy (non-hydrogen) atoms. The molecule has 0 radical (unpaired) electrons. The standard InChI is InChI=1S/C73H64N6/c1-45-31-46(2)34-55(33-45)78(69-43-74-27-29-76-69)53-19-25-61-59-23-17-51(39-65(59)72(7,8)67(61)41-53)13-11-49-15-21-57-58-22-16-50(38-64(58)71(5,6)63(57)37-49)12-14-52-18-24-60-62-26-20-54(42-68(62)73(9,10)66(60)40-52)79(70-44-75-28-30-77-70)56-35-47(3)32-48(4)36-56/h11-44H,1-10H3. The first kappa shape index (κ1) is 49.6. The van der Waals surface area contributed by atoms with E-state index in [4.69, 9.17) is 9.97 Å². The van der Waals surface area contributed by atoms with Crippen LogP contribution in [-0.2, 0) is 16.2 Å². The Morgan fingerprint density at radius 1 is 0.304 bits per heavy atom. The second-order valence-electron chi connectivity index (χ2n) is 23.7. The van der Waals surface area contributed by atoms with Gasteiger partial charge in [-0.3, -0.25) is 19.8 Å². The Kier molecular flexibility index (Phi) is 11.7. The van der Waals surface area contributed by atoms with Gasteiger partial charge in [-0.1, -0.05) is 163 Å². The van der Waals surface area contributed by atoms with E-state index in [1.54, 1.807) is 24.8 Å². The molecule has 0 saturated heterocycles. The molecule has 0 unspecified atom stereocenters.